The van der Waals surface area contributed by atoms with Crippen LogP contribution in [0.25, 0.3) is 0 Å². The van der Waals surface area contributed by atoms with Gasteiger partial charge in [0.2, 0.25) is 0 Å². The van der Waals surface area contributed by atoms with Crippen LogP contribution in [0.5, 0.6) is 0 Å². The second-order valence-corrected chi connectivity index (χ2v) is 6.21. The summed E-state index contributed by atoms with van der Waals surface area (Å²) >= 11 is 12.0. The molecule has 0 bridgehead atoms. The molecule has 3 heterocycles. The molecule has 1 aliphatic heterocycles. The summed E-state index contributed by atoms with van der Waals surface area (Å²) in [5, 5.41) is 7.41. The monoisotopic (exact) mass is 352 g/mol. The fourth-order valence-corrected chi connectivity index (χ4v) is 3.20. The smallest absolute Gasteiger partial charge is 0.144 e. The van der Waals surface area contributed by atoms with Gasteiger partial charge in [0, 0.05) is 38.4 Å². The Balaban J connectivity index is 1.69. The number of hydrogen-bond donors (Lipinski definition) is 2. The van der Waals surface area contributed by atoms with E-state index in [0.717, 1.165) is 37.6 Å². The lowest BCUT2D eigenvalue weighted by molar-refractivity contribution is 0.689. The molecule has 3 rings (SSSR count). The van der Waals surface area contributed by atoms with Crippen LogP contribution < -0.4 is 15.5 Å². The van der Waals surface area contributed by atoms with Crippen molar-refractivity contribution in [1.29, 1.82) is 0 Å². The topological polar surface area (TPSA) is 66.0 Å². The van der Waals surface area contributed by atoms with Crippen LogP contribution in [0.2, 0.25) is 10.0 Å². The van der Waals surface area contributed by atoms with Crippen molar-refractivity contribution in [3.8, 4) is 0 Å². The van der Waals surface area contributed by atoms with Gasteiger partial charge >= 0.3 is 0 Å². The third-order valence-electron chi connectivity index (χ3n) is 3.89. The maximum Gasteiger partial charge on any atom is 0.144 e. The SMILES string of the molecule is CNc1cc(N2CCCC2CNc2ncc(Cl)cc2Cl)ncn1. The van der Waals surface area contributed by atoms with Crippen LogP contribution in [0.1, 0.15) is 12.8 Å². The third-order valence-corrected chi connectivity index (χ3v) is 4.39. The Bertz CT molecular complexity index is 681. The summed E-state index contributed by atoms with van der Waals surface area (Å²) in [7, 11) is 1.85. The second kappa shape index (κ2) is 7.19. The van der Waals surface area contributed by atoms with Crippen molar-refractivity contribution >= 4 is 40.7 Å². The zero-order valence-electron chi connectivity index (χ0n) is 12.8. The molecule has 2 N–H and O–H groups in total. The number of nitrogens with zero attached hydrogens (tertiary/aromatic N) is 4. The molecule has 23 heavy (non-hydrogen) atoms. The minimum absolute atomic E-state index is 0.336. The van der Waals surface area contributed by atoms with Gasteiger partial charge in [0.1, 0.15) is 23.8 Å². The van der Waals surface area contributed by atoms with Gasteiger partial charge in [-0.3, -0.25) is 0 Å². The Kier molecular flexibility index (Phi) is 5.03. The van der Waals surface area contributed by atoms with Gasteiger partial charge in [-0.2, -0.15) is 0 Å². The maximum atomic E-state index is 6.16. The average Bonchev–Trinajstić information content (AvgIpc) is 3.02. The highest BCUT2D eigenvalue weighted by Crippen LogP contribution is 2.27. The molecule has 0 saturated carbocycles. The molecule has 0 aromatic carbocycles. The standard InChI is InChI=1S/C15H18Cl2N6/c1-18-13-6-14(22-9-21-13)23-4-2-3-11(23)8-20-15-12(17)5-10(16)7-19-15/h5-7,9,11H,2-4,8H2,1H3,(H,19,20)(H,18,21,22). The number of pyridine rings is 1. The van der Waals surface area contributed by atoms with E-state index in [4.69, 9.17) is 23.2 Å². The van der Waals surface area contributed by atoms with Crippen molar-refractivity contribution in [1.82, 2.24) is 15.0 Å². The third kappa shape index (κ3) is 3.76. The Morgan fingerprint density at radius 2 is 2.13 bits per heavy atom. The molecule has 8 heteroatoms. The molecule has 1 unspecified atom stereocenters. The highest BCUT2D eigenvalue weighted by molar-refractivity contribution is 6.35. The Morgan fingerprint density at radius 1 is 1.26 bits per heavy atom. The molecule has 1 aliphatic rings. The summed E-state index contributed by atoms with van der Waals surface area (Å²) in [6, 6.07) is 3.99. The highest BCUT2D eigenvalue weighted by Gasteiger charge is 2.26. The van der Waals surface area contributed by atoms with Crippen LogP contribution in [-0.2, 0) is 0 Å². The van der Waals surface area contributed by atoms with E-state index in [2.05, 4.69) is 30.5 Å². The van der Waals surface area contributed by atoms with Gasteiger partial charge in [-0.1, -0.05) is 23.2 Å². The van der Waals surface area contributed by atoms with Crippen LogP contribution in [0.15, 0.2) is 24.7 Å². The van der Waals surface area contributed by atoms with Gasteiger partial charge < -0.3 is 15.5 Å². The van der Waals surface area contributed by atoms with Crippen LogP contribution >= 0.6 is 23.2 Å². The lowest BCUT2D eigenvalue weighted by Gasteiger charge is -2.26. The lowest BCUT2D eigenvalue weighted by atomic mass is 10.2. The van der Waals surface area contributed by atoms with E-state index >= 15 is 0 Å². The van der Waals surface area contributed by atoms with E-state index in [1.165, 1.54) is 0 Å². The summed E-state index contributed by atoms with van der Waals surface area (Å²) in [5.41, 5.74) is 0. The Labute approximate surface area is 145 Å². The van der Waals surface area contributed by atoms with Gasteiger partial charge in [0.25, 0.3) is 0 Å². The zero-order chi connectivity index (χ0) is 16.2. The van der Waals surface area contributed by atoms with Crippen LogP contribution in [0.3, 0.4) is 0 Å². The summed E-state index contributed by atoms with van der Waals surface area (Å²) in [6.45, 7) is 1.72. The predicted molar refractivity (Wildman–Crippen MR) is 94.7 cm³/mol. The molecule has 0 spiro atoms. The molecule has 2 aromatic rings. The first-order valence-electron chi connectivity index (χ1n) is 7.48. The van der Waals surface area contributed by atoms with E-state index in [0.29, 0.717) is 21.9 Å². The molecular formula is C15H18Cl2N6. The Hall–Kier alpha value is -1.79. The first kappa shape index (κ1) is 16.1. The van der Waals surface area contributed by atoms with Gasteiger partial charge in [-0.05, 0) is 18.9 Å². The van der Waals surface area contributed by atoms with Crippen LogP contribution in [0, 0.1) is 0 Å². The molecular weight excluding hydrogens is 335 g/mol. The summed E-state index contributed by atoms with van der Waals surface area (Å²) < 4.78 is 0. The fourth-order valence-electron chi connectivity index (χ4n) is 2.75. The van der Waals surface area contributed by atoms with Gasteiger partial charge in [0.15, 0.2) is 0 Å². The number of aromatic nitrogens is 3. The maximum absolute atomic E-state index is 6.16. The molecule has 2 aromatic heterocycles. The normalized spacial score (nSPS) is 17.3. The molecule has 1 fully saturated rings. The Morgan fingerprint density at radius 3 is 2.91 bits per heavy atom. The molecule has 6 nitrogen and oxygen atoms in total. The first-order valence-corrected chi connectivity index (χ1v) is 8.24. The molecule has 122 valence electrons. The van der Waals surface area contributed by atoms with Crippen molar-refractivity contribution < 1.29 is 0 Å². The molecule has 1 atom stereocenters. The van der Waals surface area contributed by atoms with Gasteiger partial charge in [-0.15, -0.1) is 0 Å². The second-order valence-electron chi connectivity index (χ2n) is 5.37. The van der Waals surface area contributed by atoms with Crippen molar-refractivity contribution in [2.45, 2.75) is 18.9 Å². The minimum Gasteiger partial charge on any atom is -0.373 e. The highest BCUT2D eigenvalue weighted by atomic mass is 35.5. The van der Waals surface area contributed by atoms with Gasteiger partial charge in [0.05, 0.1) is 10.0 Å². The number of anilines is 3. The summed E-state index contributed by atoms with van der Waals surface area (Å²) in [6.07, 6.45) is 5.40. The number of halogens is 2. The predicted octanol–water partition coefficient (Wildman–Crippen LogP) is 3.30. The van der Waals surface area contributed by atoms with Gasteiger partial charge in [-0.25, -0.2) is 15.0 Å². The number of nitrogens with one attached hydrogen (secondary N) is 2. The van der Waals surface area contributed by atoms with Crippen LogP contribution in [-0.4, -0.2) is 41.1 Å². The van der Waals surface area contributed by atoms with E-state index in [1.807, 2.05) is 13.1 Å². The minimum atomic E-state index is 0.336. The average molecular weight is 353 g/mol. The largest absolute Gasteiger partial charge is 0.373 e. The molecule has 0 amide bonds. The lowest BCUT2D eigenvalue weighted by Crippen LogP contribution is -2.35. The van der Waals surface area contributed by atoms with Crippen molar-refractivity contribution in [3.05, 3.63) is 34.7 Å². The quantitative estimate of drug-likeness (QED) is 0.860. The van der Waals surface area contributed by atoms with Crippen LogP contribution in [0.4, 0.5) is 17.5 Å². The van der Waals surface area contributed by atoms with Crippen molar-refractivity contribution in [2.75, 3.05) is 35.7 Å². The fraction of sp³-hybridized carbons (Fsp3) is 0.400. The van der Waals surface area contributed by atoms with Crippen molar-refractivity contribution in [2.24, 2.45) is 0 Å². The van der Waals surface area contributed by atoms with Crippen molar-refractivity contribution in [3.63, 3.8) is 0 Å². The van der Waals surface area contributed by atoms with E-state index in [9.17, 15) is 0 Å². The van der Waals surface area contributed by atoms with E-state index in [-0.39, 0.29) is 0 Å². The molecule has 0 radical (unpaired) electrons. The number of hydrogen-bond acceptors (Lipinski definition) is 6. The van der Waals surface area contributed by atoms with E-state index < -0.39 is 0 Å². The number of rotatable bonds is 5. The summed E-state index contributed by atoms with van der Waals surface area (Å²) in [4.78, 5) is 15.1. The molecule has 0 aliphatic carbocycles. The summed E-state index contributed by atoms with van der Waals surface area (Å²) in [5.74, 6) is 2.40. The first-order chi connectivity index (χ1) is 11.2. The van der Waals surface area contributed by atoms with E-state index in [1.54, 1.807) is 18.6 Å². The zero-order valence-corrected chi connectivity index (χ0v) is 14.3. The molecule has 1 saturated heterocycles.